The largest absolute Gasteiger partial charge is 0.314 e. The van der Waals surface area contributed by atoms with Crippen molar-refractivity contribution in [2.45, 2.75) is 12.8 Å². The quantitative estimate of drug-likeness (QED) is 0.171. The molecule has 0 saturated heterocycles. The minimum Gasteiger partial charge on any atom is -0.314 e. The second kappa shape index (κ2) is 13.3. The molecule has 0 aliphatic heterocycles. The fourth-order valence-corrected chi connectivity index (χ4v) is 5.28. The number of benzene rings is 5. The van der Waals surface area contributed by atoms with Crippen LogP contribution in [0, 0.1) is 0 Å². The van der Waals surface area contributed by atoms with Crippen LogP contribution in [0.3, 0.4) is 0 Å². The van der Waals surface area contributed by atoms with E-state index in [0.717, 1.165) is 29.9 Å². The van der Waals surface area contributed by atoms with E-state index < -0.39 is 0 Å². The first-order valence-electron chi connectivity index (χ1n) is 14.5. The van der Waals surface area contributed by atoms with Crippen LogP contribution >= 0.6 is 0 Å². The van der Waals surface area contributed by atoms with Crippen LogP contribution in [0.4, 0.5) is 28.4 Å². The Morgan fingerprint density at radius 3 is 1.26 bits per heavy atom. The van der Waals surface area contributed by atoms with Crippen molar-refractivity contribution in [2.75, 3.05) is 9.80 Å². The molecule has 5 aromatic rings. The van der Waals surface area contributed by atoms with E-state index in [4.69, 9.17) is 0 Å². The van der Waals surface area contributed by atoms with E-state index in [1.54, 1.807) is 0 Å². The second-order valence-corrected chi connectivity index (χ2v) is 10.2. The van der Waals surface area contributed by atoms with Gasteiger partial charge >= 0.3 is 0 Å². The molecule has 42 heavy (non-hydrogen) atoms. The third-order valence-electron chi connectivity index (χ3n) is 7.37. The average molecular weight is 543 g/mol. The summed E-state index contributed by atoms with van der Waals surface area (Å²) in [7, 11) is 0. The fraction of sp³-hybridized carbons (Fsp3) is 0.0500. The summed E-state index contributed by atoms with van der Waals surface area (Å²) in [6, 6.07) is 50.9. The maximum atomic E-state index is 2.36. The molecule has 0 atom stereocenters. The highest BCUT2D eigenvalue weighted by molar-refractivity contribution is 5.77. The van der Waals surface area contributed by atoms with Crippen molar-refractivity contribution in [1.82, 2.24) is 0 Å². The lowest BCUT2D eigenvalue weighted by Crippen LogP contribution is -2.17. The number of para-hydroxylation sites is 4. The van der Waals surface area contributed by atoms with Crippen LogP contribution < -0.4 is 9.80 Å². The summed E-state index contributed by atoms with van der Waals surface area (Å²) < 4.78 is 0. The predicted molar refractivity (Wildman–Crippen MR) is 180 cm³/mol. The van der Waals surface area contributed by atoms with Gasteiger partial charge in [0.1, 0.15) is 0 Å². The molecule has 0 amide bonds. The molecule has 0 fully saturated rings. The van der Waals surface area contributed by atoms with Gasteiger partial charge < -0.3 is 9.80 Å². The number of nitrogens with zero attached hydrogens (tertiary/aromatic N) is 2. The highest BCUT2D eigenvalue weighted by atomic mass is 15.1. The van der Waals surface area contributed by atoms with E-state index in [2.05, 4.69) is 192 Å². The molecule has 2 nitrogen and oxygen atoms in total. The van der Waals surface area contributed by atoms with Gasteiger partial charge in [0.2, 0.25) is 0 Å². The van der Waals surface area contributed by atoms with Crippen molar-refractivity contribution >= 4 is 34.5 Å². The van der Waals surface area contributed by atoms with Gasteiger partial charge in [-0.25, -0.2) is 0 Å². The maximum Gasteiger partial charge on any atom is 0.0462 e. The van der Waals surface area contributed by atoms with Crippen molar-refractivity contribution < 1.29 is 0 Å². The molecule has 0 radical (unpaired) electrons. The minimum atomic E-state index is 0.991. The average Bonchev–Trinajstić information content (AvgIpc) is 3.07. The predicted octanol–water partition coefficient (Wildman–Crippen LogP) is 11.2. The van der Waals surface area contributed by atoms with Gasteiger partial charge in [0.05, 0.1) is 0 Å². The van der Waals surface area contributed by atoms with E-state index in [9.17, 15) is 0 Å². The summed E-state index contributed by atoms with van der Waals surface area (Å²) >= 11 is 0. The van der Waals surface area contributed by atoms with Crippen LogP contribution in [0.25, 0.3) is 6.08 Å². The summed E-state index contributed by atoms with van der Waals surface area (Å²) in [6.07, 6.45) is 15.2. The third-order valence-corrected chi connectivity index (χ3v) is 7.37. The van der Waals surface area contributed by atoms with Gasteiger partial charge in [-0.1, -0.05) is 115 Å². The standard InChI is InChI=1S/C40H34N2/c1-5-17-35(18-6-1)41(36-19-7-2-8-20-36)39-29-25-33(26-30-39)15-13-14-16-34-27-31-40(32-28-34)42(37-21-9-3-10-22-37)38-23-11-4-12-24-38/h1-27,29-31H,28,32H2/b15-13+,16-14+. The molecule has 1 aliphatic carbocycles. The molecule has 0 unspecified atom stereocenters. The topological polar surface area (TPSA) is 6.48 Å². The van der Waals surface area contributed by atoms with E-state index in [-0.39, 0.29) is 0 Å². The van der Waals surface area contributed by atoms with Crippen molar-refractivity contribution in [2.24, 2.45) is 0 Å². The molecule has 0 spiro atoms. The number of rotatable bonds is 9. The van der Waals surface area contributed by atoms with Crippen LogP contribution in [0.1, 0.15) is 18.4 Å². The Labute approximate surface area is 249 Å². The molecular formula is C40H34N2. The maximum absolute atomic E-state index is 2.36. The molecule has 204 valence electrons. The van der Waals surface area contributed by atoms with Gasteiger partial charge in [0, 0.05) is 34.1 Å². The van der Waals surface area contributed by atoms with Crippen LogP contribution in [0.15, 0.2) is 187 Å². The van der Waals surface area contributed by atoms with Crippen molar-refractivity contribution in [3.8, 4) is 0 Å². The SMILES string of the molecule is C1=C(/C=C/C=C/c2ccc(N(c3ccccc3)c3ccccc3)cc2)CCC(N(c2ccccc2)c2ccccc2)=C1. The molecule has 2 heteroatoms. The zero-order valence-electron chi connectivity index (χ0n) is 23.6. The summed E-state index contributed by atoms with van der Waals surface area (Å²) in [6.45, 7) is 0. The van der Waals surface area contributed by atoms with Gasteiger partial charge in [-0.2, -0.15) is 0 Å². The molecule has 0 heterocycles. The van der Waals surface area contributed by atoms with Crippen molar-refractivity contribution in [3.05, 3.63) is 193 Å². The summed E-state index contributed by atoms with van der Waals surface area (Å²) in [5.41, 5.74) is 9.60. The molecular weight excluding hydrogens is 508 g/mol. The van der Waals surface area contributed by atoms with Crippen molar-refractivity contribution in [3.63, 3.8) is 0 Å². The second-order valence-electron chi connectivity index (χ2n) is 10.2. The number of hydrogen-bond donors (Lipinski definition) is 0. The van der Waals surface area contributed by atoms with Gasteiger partial charge in [0.25, 0.3) is 0 Å². The Bertz CT molecular complexity index is 1600. The molecule has 0 bridgehead atoms. The van der Waals surface area contributed by atoms with Crippen LogP contribution in [0.2, 0.25) is 0 Å². The normalized spacial score (nSPS) is 13.1. The molecule has 0 saturated carbocycles. The van der Waals surface area contributed by atoms with Gasteiger partial charge in [-0.3, -0.25) is 0 Å². The zero-order valence-corrected chi connectivity index (χ0v) is 23.6. The number of hydrogen-bond acceptors (Lipinski definition) is 2. The summed E-state index contributed by atoms with van der Waals surface area (Å²) in [4.78, 5) is 4.64. The molecule has 0 N–H and O–H groups in total. The minimum absolute atomic E-state index is 0.991. The Morgan fingerprint density at radius 1 is 0.381 bits per heavy atom. The Morgan fingerprint density at radius 2 is 0.810 bits per heavy atom. The van der Waals surface area contributed by atoms with E-state index in [1.165, 1.54) is 28.2 Å². The number of anilines is 5. The van der Waals surface area contributed by atoms with Gasteiger partial charge in [-0.05, 0) is 90.7 Å². The highest BCUT2D eigenvalue weighted by Gasteiger charge is 2.16. The zero-order chi connectivity index (χ0) is 28.4. The van der Waals surface area contributed by atoms with Gasteiger partial charge in [-0.15, -0.1) is 0 Å². The summed E-state index contributed by atoms with van der Waals surface area (Å²) in [5.74, 6) is 0. The smallest absolute Gasteiger partial charge is 0.0462 e. The van der Waals surface area contributed by atoms with E-state index >= 15 is 0 Å². The molecule has 1 aliphatic rings. The number of allylic oxidation sites excluding steroid dienone is 7. The van der Waals surface area contributed by atoms with E-state index in [0.29, 0.717) is 0 Å². The third kappa shape index (κ3) is 6.51. The fourth-order valence-electron chi connectivity index (χ4n) is 5.28. The lowest BCUT2D eigenvalue weighted by atomic mass is 10.00. The van der Waals surface area contributed by atoms with Gasteiger partial charge in [0.15, 0.2) is 0 Å². The lowest BCUT2D eigenvalue weighted by molar-refractivity contribution is 0.891. The monoisotopic (exact) mass is 542 g/mol. The Hall–Kier alpha value is -5.34. The molecule has 0 aromatic heterocycles. The Kier molecular flexibility index (Phi) is 8.53. The van der Waals surface area contributed by atoms with Crippen LogP contribution in [-0.4, -0.2) is 0 Å². The first-order chi connectivity index (χ1) is 20.8. The lowest BCUT2D eigenvalue weighted by Gasteiger charge is -2.29. The molecule has 5 aromatic carbocycles. The first kappa shape index (κ1) is 26.9. The van der Waals surface area contributed by atoms with E-state index in [1.807, 2.05) is 0 Å². The van der Waals surface area contributed by atoms with Crippen molar-refractivity contribution in [1.29, 1.82) is 0 Å². The summed E-state index contributed by atoms with van der Waals surface area (Å²) in [5, 5.41) is 0. The highest BCUT2D eigenvalue weighted by Crippen LogP contribution is 2.35. The van der Waals surface area contributed by atoms with Crippen LogP contribution in [0.5, 0.6) is 0 Å². The Balaban J connectivity index is 1.14. The first-order valence-corrected chi connectivity index (χ1v) is 14.5. The van der Waals surface area contributed by atoms with Crippen LogP contribution in [-0.2, 0) is 0 Å². The molecule has 6 rings (SSSR count).